The Kier molecular flexibility index (Phi) is 4.06. The maximum atomic E-state index is 12.3. The zero-order chi connectivity index (χ0) is 14.9. The third-order valence-corrected chi connectivity index (χ3v) is 4.72. The second-order valence-electron chi connectivity index (χ2n) is 4.69. The highest BCUT2D eigenvalue weighted by Gasteiger charge is 2.20. The number of halogens is 1. The Morgan fingerprint density at radius 3 is 2.05 bits per heavy atom. The SMILES string of the molecule is Cc1cc(C)c(S(=O)(=O)Oc2ccc(Cl)cc2)cc1C. The van der Waals surface area contributed by atoms with Crippen LogP contribution in [0.4, 0.5) is 0 Å². The number of hydrogen-bond donors (Lipinski definition) is 0. The van der Waals surface area contributed by atoms with Crippen LogP contribution in [0, 0.1) is 20.8 Å². The quantitative estimate of drug-likeness (QED) is 0.804. The van der Waals surface area contributed by atoms with Gasteiger partial charge in [-0.05, 0) is 67.8 Å². The molecule has 0 amide bonds. The van der Waals surface area contributed by atoms with Crippen molar-refractivity contribution in [1.82, 2.24) is 0 Å². The molecule has 0 N–H and O–H groups in total. The summed E-state index contributed by atoms with van der Waals surface area (Å²) in [7, 11) is -3.84. The molecule has 3 nitrogen and oxygen atoms in total. The Hall–Kier alpha value is -1.52. The molecule has 0 aliphatic heterocycles. The topological polar surface area (TPSA) is 43.4 Å². The number of hydrogen-bond acceptors (Lipinski definition) is 3. The normalized spacial score (nSPS) is 11.4. The van der Waals surface area contributed by atoms with Crippen molar-refractivity contribution in [3.8, 4) is 5.75 Å². The third-order valence-electron chi connectivity index (χ3n) is 3.08. The number of benzene rings is 2. The van der Waals surface area contributed by atoms with Gasteiger partial charge in [0.25, 0.3) is 0 Å². The van der Waals surface area contributed by atoms with Crippen LogP contribution in [-0.2, 0) is 10.1 Å². The van der Waals surface area contributed by atoms with Crippen molar-refractivity contribution >= 4 is 21.7 Å². The molecule has 2 aromatic rings. The summed E-state index contributed by atoms with van der Waals surface area (Å²) in [6.45, 7) is 5.57. The van der Waals surface area contributed by atoms with E-state index in [0.29, 0.717) is 10.6 Å². The molecular formula is C15H15ClO3S. The van der Waals surface area contributed by atoms with Gasteiger partial charge in [-0.3, -0.25) is 0 Å². The fraction of sp³-hybridized carbons (Fsp3) is 0.200. The molecule has 0 aliphatic rings. The largest absolute Gasteiger partial charge is 0.379 e. The van der Waals surface area contributed by atoms with Crippen molar-refractivity contribution < 1.29 is 12.6 Å². The molecule has 0 aliphatic carbocycles. The Morgan fingerprint density at radius 1 is 0.900 bits per heavy atom. The summed E-state index contributed by atoms with van der Waals surface area (Å²) in [6, 6.07) is 9.69. The van der Waals surface area contributed by atoms with Gasteiger partial charge >= 0.3 is 10.1 Å². The van der Waals surface area contributed by atoms with Crippen LogP contribution in [0.15, 0.2) is 41.3 Å². The van der Waals surface area contributed by atoms with E-state index in [1.54, 1.807) is 25.1 Å². The molecule has 20 heavy (non-hydrogen) atoms. The maximum Gasteiger partial charge on any atom is 0.339 e. The number of rotatable bonds is 3. The van der Waals surface area contributed by atoms with Gasteiger partial charge in [-0.15, -0.1) is 0 Å². The van der Waals surface area contributed by atoms with Crippen molar-refractivity contribution in [2.24, 2.45) is 0 Å². The van der Waals surface area contributed by atoms with Crippen molar-refractivity contribution in [2.75, 3.05) is 0 Å². The summed E-state index contributed by atoms with van der Waals surface area (Å²) in [5.41, 5.74) is 2.63. The minimum atomic E-state index is -3.84. The minimum absolute atomic E-state index is 0.190. The van der Waals surface area contributed by atoms with Gasteiger partial charge in [-0.25, -0.2) is 0 Å². The monoisotopic (exact) mass is 310 g/mol. The van der Waals surface area contributed by atoms with Gasteiger partial charge in [0.15, 0.2) is 0 Å². The standard InChI is InChI=1S/C15H15ClO3S/c1-10-8-12(3)15(9-11(10)2)20(17,18)19-14-6-4-13(16)5-7-14/h4-9H,1-3H3. The molecular weight excluding hydrogens is 296 g/mol. The van der Waals surface area contributed by atoms with Crippen LogP contribution in [0.3, 0.4) is 0 Å². The van der Waals surface area contributed by atoms with Crippen LogP contribution in [0.1, 0.15) is 16.7 Å². The molecule has 0 fully saturated rings. The van der Waals surface area contributed by atoms with E-state index in [4.69, 9.17) is 15.8 Å². The molecule has 2 rings (SSSR count). The average molecular weight is 311 g/mol. The molecule has 0 saturated heterocycles. The Morgan fingerprint density at radius 2 is 1.45 bits per heavy atom. The zero-order valence-corrected chi connectivity index (χ0v) is 13.0. The second-order valence-corrected chi connectivity index (χ2v) is 6.64. The summed E-state index contributed by atoms with van der Waals surface area (Å²) < 4.78 is 29.8. The highest BCUT2D eigenvalue weighted by molar-refractivity contribution is 7.87. The van der Waals surface area contributed by atoms with Crippen LogP contribution < -0.4 is 4.18 Å². The molecule has 0 bridgehead atoms. The third kappa shape index (κ3) is 3.14. The van der Waals surface area contributed by atoms with Crippen molar-refractivity contribution in [2.45, 2.75) is 25.7 Å². The summed E-state index contributed by atoms with van der Waals surface area (Å²) in [5, 5.41) is 0.525. The smallest absolute Gasteiger partial charge is 0.339 e. The lowest BCUT2D eigenvalue weighted by molar-refractivity contribution is 0.485. The van der Waals surface area contributed by atoms with Gasteiger partial charge in [0.2, 0.25) is 0 Å². The van der Waals surface area contributed by atoms with E-state index in [1.807, 2.05) is 19.9 Å². The van der Waals surface area contributed by atoms with Crippen LogP contribution in [-0.4, -0.2) is 8.42 Å². The molecule has 106 valence electrons. The predicted octanol–water partition coefficient (Wildman–Crippen LogP) is 4.03. The van der Waals surface area contributed by atoms with E-state index in [9.17, 15) is 8.42 Å². The van der Waals surface area contributed by atoms with Crippen molar-refractivity contribution in [1.29, 1.82) is 0 Å². The van der Waals surface area contributed by atoms with Crippen LogP contribution >= 0.6 is 11.6 Å². The molecule has 0 heterocycles. The van der Waals surface area contributed by atoms with E-state index >= 15 is 0 Å². The maximum absolute atomic E-state index is 12.3. The van der Waals surface area contributed by atoms with E-state index in [1.165, 1.54) is 12.1 Å². The van der Waals surface area contributed by atoms with E-state index in [0.717, 1.165) is 11.1 Å². The van der Waals surface area contributed by atoms with Gasteiger partial charge in [-0.2, -0.15) is 8.42 Å². The lowest BCUT2D eigenvalue weighted by atomic mass is 10.1. The van der Waals surface area contributed by atoms with E-state index in [-0.39, 0.29) is 10.6 Å². The fourth-order valence-electron chi connectivity index (χ4n) is 1.87. The lowest BCUT2D eigenvalue weighted by Crippen LogP contribution is -2.12. The molecule has 2 aromatic carbocycles. The van der Waals surface area contributed by atoms with Gasteiger partial charge in [-0.1, -0.05) is 17.7 Å². The highest BCUT2D eigenvalue weighted by atomic mass is 35.5. The lowest BCUT2D eigenvalue weighted by Gasteiger charge is -2.11. The Balaban J connectivity index is 2.40. The Bertz CT molecular complexity index is 734. The van der Waals surface area contributed by atoms with Gasteiger partial charge in [0, 0.05) is 5.02 Å². The highest BCUT2D eigenvalue weighted by Crippen LogP contribution is 2.24. The summed E-state index contributed by atoms with van der Waals surface area (Å²) >= 11 is 5.76. The molecule has 0 spiro atoms. The zero-order valence-electron chi connectivity index (χ0n) is 11.5. The van der Waals surface area contributed by atoms with Crippen molar-refractivity contribution in [3.63, 3.8) is 0 Å². The number of aryl methyl sites for hydroxylation is 3. The molecule has 0 atom stereocenters. The van der Waals surface area contributed by atoms with Crippen LogP contribution in [0.25, 0.3) is 0 Å². The Labute approximate surface area is 124 Å². The van der Waals surface area contributed by atoms with Gasteiger partial charge < -0.3 is 4.18 Å². The van der Waals surface area contributed by atoms with Gasteiger partial charge in [0.05, 0.1) is 0 Å². The summed E-state index contributed by atoms with van der Waals surface area (Å²) in [4.78, 5) is 0.190. The first kappa shape index (κ1) is 14.9. The first-order chi connectivity index (χ1) is 9.29. The van der Waals surface area contributed by atoms with Crippen LogP contribution in [0.5, 0.6) is 5.75 Å². The molecule has 5 heteroatoms. The van der Waals surface area contributed by atoms with E-state index in [2.05, 4.69) is 0 Å². The molecule has 0 radical (unpaired) electrons. The molecule has 0 unspecified atom stereocenters. The average Bonchev–Trinajstić information content (AvgIpc) is 2.36. The molecule has 0 aromatic heterocycles. The molecule has 0 saturated carbocycles. The second kappa shape index (κ2) is 5.46. The van der Waals surface area contributed by atoms with Gasteiger partial charge in [0.1, 0.15) is 10.6 Å². The first-order valence-electron chi connectivity index (χ1n) is 6.07. The predicted molar refractivity (Wildman–Crippen MR) is 79.9 cm³/mol. The first-order valence-corrected chi connectivity index (χ1v) is 7.86. The van der Waals surface area contributed by atoms with Crippen molar-refractivity contribution in [3.05, 3.63) is 58.1 Å². The van der Waals surface area contributed by atoms with E-state index < -0.39 is 10.1 Å². The fourth-order valence-corrected chi connectivity index (χ4v) is 3.22. The summed E-state index contributed by atoms with van der Waals surface area (Å²) in [6.07, 6.45) is 0. The minimum Gasteiger partial charge on any atom is -0.379 e. The summed E-state index contributed by atoms with van der Waals surface area (Å²) in [5.74, 6) is 0.243. The van der Waals surface area contributed by atoms with Crippen LogP contribution in [0.2, 0.25) is 5.02 Å².